The maximum absolute atomic E-state index is 12.4. The number of carbonyl (C=O) groups excluding carboxylic acids is 1. The lowest BCUT2D eigenvalue weighted by molar-refractivity contribution is 0.102. The van der Waals surface area contributed by atoms with E-state index in [0.29, 0.717) is 11.3 Å². The zero-order chi connectivity index (χ0) is 16.3. The Kier molecular flexibility index (Phi) is 4.56. The highest BCUT2D eigenvalue weighted by Crippen LogP contribution is 2.20. The molecule has 0 saturated heterocycles. The second-order valence-corrected chi connectivity index (χ2v) is 6.57. The first-order valence-corrected chi connectivity index (χ1v) is 7.85. The van der Waals surface area contributed by atoms with Crippen molar-refractivity contribution in [2.75, 3.05) is 5.32 Å². The van der Waals surface area contributed by atoms with E-state index < -0.39 is 20.5 Å². The Morgan fingerprint density at radius 2 is 1.55 bits per heavy atom. The molecule has 0 radical (unpaired) electrons. The van der Waals surface area contributed by atoms with E-state index in [-0.39, 0.29) is 5.91 Å². The van der Waals surface area contributed by atoms with Gasteiger partial charge in [-0.25, -0.2) is 8.42 Å². The van der Waals surface area contributed by atoms with Crippen LogP contribution in [0.25, 0.3) is 0 Å². The molecular weight excluding hydrogens is 312 g/mol. The fraction of sp³-hybridized carbons (Fsp3) is 0.133. The first-order chi connectivity index (χ1) is 10.3. The second-order valence-electron chi connectivity index (χ2n) is 4.65. The summed E-state index contributed by atoms with van der Waals surface area (Å²) in [6.07, 6.45) is 0. The zero-order valence-electron chi connectivity index (χ0n) is 11.6. The van der Waals surface area contributed by atoms with Crippen molar-refractivity contribution in [3.63, 3.8) is 0 Å². The van der Waals surface area contributed by atoms with E-state index in [9.17, 15) is 22.0 Å². The third kappa shape index (κ3) is 3.48. The molecule has 4 nitrogen and oxygen atoms in total. The first kappa shape index (κ1) is 16.1. The van der Waals surface area contributed by atoms with Crippen molar-refractivity contribution >= 4 is 21.4 Å². The topological polar surface area (TPSA) is 63.2 Å². The average molecular weight is 325 g/mol. The quantitative estimate of drug-likeness (QED) is 0.938. The maximum atomic E-state index is 12.4. The normalized spacial score (nSPS) is 11.5. The van der Waals surface area contributed by atoms with Crippen molar-refractivity contribution in [2.45, 2.75) is 17.6 Å². The van der Waals surface area contributed by atoms with Gasteiger partial charge in [-0.2, -0.15) is 8.78 Å². The Bertz CT molecular complexity index is 769. The summed E-state index contributed by atoms with van der Waals surface area (Å²) >= 11 is 0. The molecular formula is C15H13F2NO3S. The van der Waals surface area contributed by atoms with Crippen molar-refractivity contribution in [1.29, 1.82) is 0 Å². The number of carbonyl (C=O) groups is 1. The Morgan fingerprint density at radius 3 is 2.05 bits per heavy atom. The van der Waals surface area contributed by atoms with Crippen LogP contribution in [0.4, 0.5) is 14.5 Å². The maximum Gasteiger partial charge on any atom is 0.341 e. The molecule has 0 atom stereocenters. The lowest BCUT2D eigenvalue weighted by Gasteiger charge is -2.07. The highest BCUT2D eigenvalue weighted by molar-refractivity contribution is 7.91. The van der Waals surface area contributed by atoms with Crippen molar-refractivity contribution in [3.05, 3.63) is 59.7 Å². The molecule has 0 aliphatic rings. The average Bonchev–Trinajstić information content (AvgIpc) is 2.48. The molecule has 0 aliphatic carbocycles. The third-order valence-corrected chi connectivity index (χ3v) is 4.39. The molecule has 0 spiro atoms. The van der Waals surface area contributed by atoms with Gasteiger partial charge in [0.1, 0.15) is 0 Å². The third-order valence-electron chi connectivity index (χ3n) is 2.99. The van der Waals surface area contributed by atoms with Crippen molar-refractivity contribution < 1.29 is 22.0 Å². The van der Waals surface area contributed by atoms with E-state index in [1.807, 2.05) is 6.92 Å². The van der Waals surface area contributed by atoms with Crippen LogP contribution in [0.2, 0.25) is 0 Å². The van der Waals surface area contributed by atoms with Gasteiger partial charge >= 0.3 is 5.76 Å². The SMILES string of the molecule is Cc1ccc(C(=O)Nc2ccc(S(=O)(=O)C(F)F)cc2)cc1. The number of anilines is 1. The van der Waals surface area contributed by atoms with Gasteiger partial charge in [0, 0.05) is 11.3 Å². The fourth-order valence-electron chi connectivity index (χ4n) is 1.74. The van der Waals surface area contributed by atoms with Crippen LogP contribution in [0.15, 0.2) is 53.4 Å². The molecule has 0 bridgehead atoms. The predicted octanol–water partition coefficient (Wildman–Crippen LogP) is 3.24. The van der Waals surface area contributed by atoms with Crippen molar-refractivity contribution in [2.24, 2.45) is 0 Å². The number of sulfone groups is 1. The monoisotopic (exact) mass is 325 g/mol. The number of amides is 1. The minimum absolute atomic E-state index is 0.318. The number of halogens is 2. The van der Waals surface area contributed by atoms with Crippen LogP contribution in [0.5, 0.6) is 0 Å². The van der Waals surface area contributed by atoms with Gasteiger partial charge in [-0.15, -0.1) is 0 Å². The number of benzene rings is 2. The number of rotatable bonds is 4. The summed E-state index contributed by atoms with van der Waals surface area (Å²) in [5, 5.41) is 2.56. The zero-order valence-corrected chi connectivity index (χ0v) is 12.4. The lowest BCUT2D eigenvalue weighted by atomic mass is 10.1. The molecule has 0 aliphatic heterocycles. The van der Waals surface area contributed by atoms with Gasteiger partial charge < -0.3 is 5.32 Å². The lowest BCUT2D eigenvalue weighted by Crippen LogP contribution is -2.13. The first-order valence-electron chi connectivity index (χ1n) is 6.31. The molecule has 116 valence electrons. The molecule has 1 amide bonds. The Morgan fingerprint density at radius 1 is 1.00 bits per heavy atom. The van der Waals surface area contributed by atoms with Gasteiger partial charge in [-0.1, -0.05) is 17.7 Å². The summed E-state index contributed by atoms with van der Waals surface area (Å²) in [4.78, 5) is 11.5. The highest BCUT2D eigenvalue weighted by Gasteiger charge is 2.26. The fourth-order valence-corrected chi connectivity index (χ4v) is 2.46. The van der Waals surface area contributed by atoms with Crippen molar-refractivity contribution in [3.8, 4) is 0 Å². The van der Waals surface area contributed by atoms with E-state index in [2.05, 4.69) is 5.32 Å². The summed E-state index contributed by atoms with van der Waals surface area (Å²) in [6.45, 7) is 1.89. The Labute approximate surface area is 126 Å². The molecule has 0 aromatic heterocycles. The summed E-state index contributed by atoms with van der Waals surface area (Å²) in [7, 11) is -4.63. The van der Waals surface area contributed by atoms with Crippen molar-refractivity contribution in [1.82, 2.24) is 0 Å². The van der Waals surface area contributed by atoms with E-state index in [1.165, 1.54) is 12.1 Å². The largest absolute Gasteiger partial charge is 0.341 e. The standard InChI is InChI=1S/C15H13F2NO3S/c1-10-2-4-11(5-3-10)14(19)18-12-6-8-13(9-7-12)22(20,21)15(16)17/h2-9,15H,1H3,(H,18,19). The summed E-state index contributed by atoms with van der Waals surface area (Å²) in [5.74, 6) is -3.84. The summed E-state index contributed by atoms with van der Waals surface area (Å²) < 4.78 is 47.4. The second kappa shape index (κ2) is 6.23. The van der Waals surface area contributed by atoms with Gasteiger partial charge in [-0.3, -0.25) is 4.79 Å². The number of nitrogens with one attached hydrogen (secondary N) is 1. The molecule has 1 N–H and O–H groups in total. The smallest absolute Gasteiger partial charge is 0.322 e. The van der Waals surface area contributed by atoms with Crippen LogP contribution in [-0.4, -0.2) is 20.1 Å². The molecule has 2 rings (SSSR count). The number of alkyl halides is 2. The van der Waals surface area contributed by atoms with Crippen LogP contribution in [0.3, 0.4) is 0 Å². The van der Waals surface area contributed by atoms with Gasteiger partial charge in [0.25, 0.3) is 5.91 Å². The molecule has 2 aromatic rings. The Balaban J connectivity index is 2.15. The molecule has 2 aromatic carbocycles. The Hall–Kier alpha value is -2.28. The molecule has 7 heteroatoms. The van der Waals surface area contributed by atoms with Crippen LogP contribution < -0.4 is 5.32 Å². The van der Waals surface area contributed by atoms with Gasteiger partial charge in [0.15, 0.2) is 0 Å². The van der Waals surface area contributed by atoms with E-state index in [1.54, 1.807) is 24.3 Å². The summed E-state index contributed by atoms with van der Waals surface area (Å²) in [5.41, 5.74) is 1.77. The predicted molar refractivity (Wildman–Crippen MR) is 78.8 cm³/mol. The van der Waals surface area contributed by atoms with Gasteiger partial charge in [0.05, 0.1) is 4.90 Å². The van der Waals surface area contributed by atoms with E-state index >= 15 is 0 Å². The molecule has 0 heterocycles. The number of hydrogen-bond acceptors (Lipinski definition) is 3. The minimum atomic E-state index is -4.63. The van der Waals surface area contributed by atoms with Crippen LogP contribution in [0.1, 0.15) is 15.9 Å². The van der Waals surface area contributed by atoms with E-state index in [0.717, 1.165) is 17.7 Å². The van der Waals surface area contributed by atoms with Gasteiger partial charge in [0.2, 0.25) is 9.84 Å². The van der Waals surface area contributed by atoms with E-state index in [4.69, 9.17) is 0 Å². The van der Waals surface area contributed by atoms with Gasteiger partial charge in [-0.05, 0) is 43.3 Å². The highest BCUT2D eigenvalue weighted by atomic mass is 32.2. The van der Waals surface area contributed by atoms with Crippen LogP contribution >= 0.6 is 0 Å². The number of aryl methyl sites for hydroxylation is 1. The minimum Gasteiger partial charge on any atom is -0.322 e. The van der Waals surface area contributed by atoms with Crippen LogP contribution in [0, 0.1) is 6.92 Å². The molecule has 0 unspecified atom stereocenters. The van der Waals surface area contributed by atoms with Crippen LogP contribution in [-0.2, 0) is 9.84 Å². The summed E-state index contributed by atoms with van der Waals surface area (Å²) in [6, 6.07) is 11.5. The molecule has 0 fully saturated rings. The molecule has 0 saturated carbocycles. The molecule has 22 heavy (non-hydrogen) atoms. The number of hydrogen-bond donors (Lipinski definition) is 1.